The molecule has 0 saturated carbocycles. The Morgan fingerprint density at radius 2 is 2.19 bits per heavy atom. The monoisotopic (exact) mass is 306 g/mol. The molecule has 0 fully saturated rings. The Bertz CT molecular complexity index is 765. The third kappa shape index (κ3) is 2.81. The Balaban J connectivity index is 1.99. The lowest BCUT2D eigenvalue weighted by Crippen LogP contribution is -2.29. The van der Waals surface area contributed by atoms with Crippen LogP contribution in [0, 0.1) is 6.92 Å². The highest BCUT2D eigenvalue weighted by atomic mass is 32.2. The van der Waals surface area contributed by atoms with Crippen molar-refractivity contribution in [3.63, 3.8) is 0 Å². The van der Waals surface area contributed by atoms with Crippen molar-refractivity contribution in [3.8, 4) is 0 Å². The van der Waals surface area contributed by atoms with Gasteiger partial charge in [0.05, 0.1) is 17.6 Å². The molecule has 1 aromatic carbocycles. The minimum atomic E-state index is -3.20. The van der Waals surface area contributed by atoms with Crippen molar-refractivity contribution in [2.45, 2.75) is 31.2 Å². The van der Waals surface area contributed by atoms with Crippen molar-refractivity contribution >= 4 is 15.5 Å². The normalized spacial score (nSPS) is 15.0. The molecular formula is C15H18N2O3S. The number of rotatable bonds is 3. The van der Waals surface area contributed by atoms with E-state index < -0.39 is 9.84 Å². The van der Waals surface area contributed by atoms with Crippen LogP contribution in [0.2, 0.25) is 0 Å². The second-order valence-corrected chi connectivity index (χ2v) is 7.40. The van der Waals surface area contributed by atoms with Gasteiger partial charge in [0, 0.05) is 18.5 Å². The molecule has 2 aromatic rings. The first-order valence-corrected chi connectivity index (χ1v) is 8.82. The summed E-state index contributed by atoms with van der Waals surface area (Å²) in [4.78, 5) is 6.80. The largest absolute Gasteiger partial charge is 0.444 e. The molecule has 5 nitrogen and oxygen atoms in total. The fourth-order valence-corrected chi connectivity index (χ4v) is 3.80. The van der Waals surface area contributed by atoms with Crippen LogP contribution in [0.1, 0.15) is 23.6 Å². The van der Waals surface area contributed by atoms with Crippen LogP contribution in [-0.2, 0) is 22.8 Å². The van der Waals surface area contributed by atoms with Crippen molar-refractivity contribution in [2.75, 3.05) is 17.7 Å². The van der Waals surface area contributed by atoms with E-state index in [0.29, 0.717) is 17.3 Å². The van der Waals surface area contributed by atoms with Crippen molar-refractivity contribution in [1.82, 2.24) is 4.98 Å². The molecule has 3 rings (SSSR count). The van der Waals surface area contributed by atoms with Crippen LogP contribution in [0.4, 0.5) is 5.69 Å². The molecule has 2 heterocycles. The number of nitrogens with zero attached hydrogens (tertiary/aromatic N) is 2. The van der Waals surface area contributed by atoms with E-state index in [1.165, 1.54) is 6.26 Å². The van der Waals surface area contributed by atoms with Gasteiger partial charge < -0.3 is 9.32 Å². The molecule has 0 bridgehead atoms. The number of anilines is 1. The summed E-state index contributed by atoms with van der Waals surface area (Å²) in [5, 5.41) is 0. The number of benzene rings is 1. The maximum Gasteiger partial charge on any atom is 0.213 e. The summed E-state index contributed by atoms with van der Waals surface area (Å²) in [7, 11) is -3.20. The number of hydrogen-bond acceptors (Lipinski definition) is 5. The third-order valence-electron chi connectivity index (χ3n) is 3.70. The van der Waals surface area contributed by atoms with E-state index in [1.54, 1.807) is 18.3 Å². The van der Waals surface area contributed by atoms with Gasteiger partial charge in [0.1, 0.15) is 5.76 Å². The van der Waals surface area contributed by atoms with Crippen molar-refractivity contribution in [3.05, 3.63) is 41.6 Å². The van der Waals surface area contributed by atoms with Gasteiger partial charge in [-0.2, -0.15) is 0 Å². The molecule has 0 unspecified atom stereocenters. The van der Waals surface area contributed by atoms with Crippen LogP contribution in [0.15, 0.2) is 33.7 Å². The average Bonchev–Trinajstić information content (AvgIpc) is 2.83. The fourth-order valence-electron chi connectivity index (χ4n) is 2.82. The third-order valence-corrected chi connectivity index (χ3v) is 4.88. The van der Waals surface area contributed by atoms with E-state index in [9.17, 15) is 8.42 Å². The van der Waals surface area contributed by atoms with Crippen LogP contribution >= 0.6 is 0 Å². The van der Waals surface area contributed by atoms with E-state index >= 15 is 0 Å². The van der Waals surface area contributed by atoms with Crippen molar-refractivity contribution < 1.29 is 12.8 Å². The summed E-state index contributed by atoms with van der Waals surface area (Å²) in [5.41, 5.74) is 1.88. The first kappa shape index (κ1) is 14.1. The molecule has 0 N–H and O–H groups in total. The van der Waals surface area contributed by atoms with Gasteiger partial charge in [-0.05, 0) is 37.5 Å². The Morgan fingerprint density at radius 1 is 1.38 bits per heavy atom. The number of oxazole rings is 1. The minimum Gasteiger partial charge on any atom is -0.444 e. The van der Waals surface area contributed by atoms with E-state index in [2.05, 4.69) is 9.88 Å². The number of aromatic nitrogens is 1. The van der Waals surface area contributed by atoms with E-state index in [-0.39, 0.29) is 0 Å². The molecular weight excluding hydrogens is 288 g/mol. The highest BCUT2D eigenvalue weighted by molar-refractivity contribution is 7.90. The predicted octanol–water partition coefficient (Wildman–Crippen LogP) is 2.34. The summed E-state index contributed by atoms with van der Waals surface area (Å²) in [5.74, 6) is 1.44. The van der Waals surface area contributed by atoms with Gasteiger partial charge in [-0.15, -0.1) is 0 Å². The highest BCUT2D eigenvalue weighted by Gasteiger charge is 2.24. The lowest BCUT2D eigenvalue weighted by Gasteiger charge is -2.31. The first-order valence-electron chi connectivity index (χ1n) is 6.93. The average molecular weight is 306 g/mol. The molecule has 0 radical (unpaired) electrons. The summed E-state index contributed by atoms with van der Waals surface area (Å²) in [6.07, 6.45) is 4.69. The number of fused-ring (bicyclic) bond motifs is 1. The molecule has 21 heavy (non-hydrogen) atoms. The Hall–Kier alpha value is -1.82. The summed E-state index contributed by atoms with van der Waals surface area (Å²) >= 11 is 0. The smallest absolute Gasteiger partial charge is 0.213 e. The van der Waals surface area contributed by atoms with Gasteiger partial charge in [0.15, 0.2) is 9.84 Å². The van der Waals surface area contributed by atoms with Crippen LogP contribution < -0.4 is 4.90 Å². The Morgan fingerprint density at radius 3 is 2.86 bits per heavy atom. The molecule has 0 aliphatic carbocycles. The van der Waals surface area contributed by atoms with Gasteiger partial charge in [-0.25, -0.2) is 13.4 Å². The first-order chi connectivity index (χ1) is 9.95. The Kier molecular flexibility index (Phi) is 3.49. The fraction of sp³-hybridized carbons (Fsp3) is 0.400. The molecule has 0 atom stereocenters. The van der Waals surface area contributed by atoms with Gasteiger partial charge >= 0.3 is 0 Å². The standard InChI is InChI=1S/C15H18N2O3S/c1-11-9-16-15(20-11)10-17-8-4-5-12-13(17)6-3-7-14(12)21(2,18)19/h3,6-7,9H,4-5,8,10H2,1-2H3. The van der Waals surface area contributed by atoms with Gasteiger partial charge in [0.25, 0.3) is 0 Å². The Labute approximate surface area is 124 Å². The van der Waals surface area contributed by atoms with E-state index in [0.717, 1.165) is 36.4 Å². The molecule has 1 aliphatic rings. The quantitative estimate of drug-likeness (QED) is 0.871. The predicted molar refractivity (Wildman–Crippen MR) is 80.2 cm³/mol. The second kappa shape index (κ2) is 5.18. The van der Waals surface area contributed by atoms with Crippen LogP contribution in [0.5, 0.6) is 0 Å². The zero-order valence-corrected chi connectivity index (χ0v) is 13.0. The van der Waals surface area contributed by atoms with Gasteiger partial charge in [-0.1, -0.05) is 6.07 Å². The number of sulfone groups is 1. The lowest BCUT2D eigenvalue weighted by molar-refractivity contribution is 0.462. The summed E-state index contributed by atoms with van der Waals surface area (Å²) < 4.78 is 29.4. The minimum absolute atomic E-state index is 0.438. The molecule has 1 aromatic heterocycles. The lowest BCUT2D eigenvalue weighted by atomic mass is 10.0. The van der Waals surface area contributed by atoms with Crippen molar-refractivity contribution in [2.24, 2.45) is 0 Å². The molecule has 0 amide bonds. The zero-order valence-electron chi connectivity index (χ0n) is 12.2. The van der Waals surface area contributed by atoms with Crippen LogP contribution in [0.3, 0.4) is 0 Å². The molecule has 0 spiro atoms. The van der Waals surface area contributed by atoms with Crippen LogP contribution in [-0.4, -0.2) is 26.2 Å². The molecule has 1 aliphatic heterocycles. The maximum absolute atomic E-state index is 11.9. The van der Waals surface area contributed by atoms with Gasteiger partial charge in [-0.3, -0.25) is 0 Å². The van der Waals surface area contributed by atoms with Crippen LogP contribution in [0.25, 0.3) is 0 Å². The SMILES string of the molecule is Cc1cnc(CN2CCCc3c2cccc3S(C)(=O)=O)o1. The highest BCUT2D eigenvalue weighted by Crippen LogP contribution is 2.33. The maximum atomic E-state index is 11.9. The second-order valence-electron chi connectivity index (χ2n) is 5.42. The van der Waals surface area contributed by atoms with Crippen molar-refractivity contribution in [1.29, 1.82) is 0 Å². The summed E-state index contributed by atoms with van der Waals surface area (Å²) in [6, 6.07) is 5.46. The zero-order chi connectivity index (χ0) is 15.0. The molecule has 6 heteroatoms. The topological polar surface area (TPSA) is 63.4 Å². The summed E-state index contributed by atoms with van der Waals surface area (Å²) in [6.45, 7) is 3.30. The van der Waals surface area contributed by atoms with E-state index in [1.807, 2.05) is 13.0 Å². The molecule has 112 valence electrons. The number of aryl methyl sites for hydroxylation is 1. The van der Waals surface area contributed by atoms with E-state index in [4.69, 9.17) is 4.42 Å². The number of hydrogen-bond donors (Lipinski definition) is 0. The van der Waals surface area contributed by atoms with Gasteiger partial charge in [0.2, 0.25) is 5.89 Å². The molecule has 0 saturated heterocycles.